The first kappa shape index (κ1) is 29.6. The first-order chi connectivity index (χ1) is 19.6. The minimum absolute atomic E-state index is 0.0205. The SMILES string of the molecule is COc1ccc(OC)c(-c2ccc(O)c3c2C[C@]2(C)C[C@]4(C)C(C(C)C)C(=O)C(C(C)=O)C(=O)[C@]4(O)C(=O)C2C3=O)c1. The van der Waals surface area contributed by atoms with Gasteiger partial charge in [-0.3, -0.25) is 24.0 Å². The van der Waals surface area contributed by atoms with Crippen LogP contribution < -0.4 is 9.47 Å². The molecule has 0 heterocycles. The van der Waals surface area contributed by atoms with Crippen molar-refractivity contribution < 1.29 is 43.7 Å². The number of phenolic OH excluding ortho intramolecular Hbond substituents is 1. The molecule has 3 aliphatic rings. The summed E-state index contributed by atoms with van der Waals surface area (Å²) >= 11 is 0. The minimum Gasteiger partial charge on any atom is -0.507 e. The van der Waals surface area contributed by atoms with Gasteiger partial charge in [0.25, 0.3) is 0 Å². The molecule has 3 unspecified atom stereocenters. The fourth-order valence-corrected chi connectivity index (χ4v) is 8.41. The fraction of sp³-hybridized carbons (Fsp3) is 0.485. The molecule has 0 aliphatic heterocycles. The van der Waals surface area contributed by atoms with Crippen LogP contribution in [0.4, 0.5) is 0 Å². The van der Waals surface area contributed by atoms with Gasteiger partial charge in [0.15, 0.2) is 28.7 Å². The molecule has 6 atom stereocenters. The van der Waals surface area contributed by atoms with Crippen LogP contribution in [0.2, 0.25) is 0 Å². The van der Waals surface area contributed by atoms with Gasteiger partial charge in [-0.2, -0.15) is 0 Å². The lowest BCUT2D eigenvalue weighted by Gasteiger charge is -2.61. The molecular weight excluding hydrogens is 540 g/mol. The predicted molar refractivity (Wildman–Crippen MR) is 151 cm³/mol. The summed E-state index contributed by atoms with van der Waals surface area (Å²) in [6, 6.07) is 8.26. The van der Waals surface area contributed by atoms with Gasteiger partial charge in [0.1, 0.15) is 28.9 Å². The van der Waals surface area contributed by atoms with E-state index in [0.717, 1.165) is 6.92 Å². The second kappa shape index (κ2) is 9.59. The van der Waals surface area contributed by atoms with Crippen molar-refractivity contribution in [1.82, 2.24) is 0 Å². The van der Waals surface area contributed by atoms with E-state index < -0.39 is 69.0 Å². The Kier molecular flexibility index (Phi) is 6.77. The Bertz CT molecular complexity index is 1570. The summed E-state index contributed by atoms with van der Waals surface area (Å²) < 4.78 is 11.0. The zero-order chi connectivity index (χ0) is 31.1. The number of rotatable bonds is 5. The summed E-state index contributed by atoms with van der Waals surface area (Å²) in [5, 5.41) is 23.1. The van der Waals surface area contributed by atoms with Crippen LogP contribution in [0.15, 0.2) is 30.3 Å². The van der Waals surface area contributed by atoms with E-state index >= 15 is 0 Å². The molecule has 0 aromatic heterocycles. The highest BCUT2D eigenvalue weighted by Crippen LogP contribution is 2.64. The van der Waals surface area contributed by atoms with E-state index in [4.69, 9.17) is 9.47 Å². The molecule has 2 N–H and O–H groups in total. The van der Waals surface area contributed by atoms with E-state index in [-0.39, 0.29) is 24.2 Å². The van der Waals surface area contributed by atoms with Crippen LogP contribution in [0.25, 0.3) is 11.1 Å². The zero-order valence-corrected chi connectivity index (χ0v) is 24.9. The number of ketones is 5. The summed E-state index contributed by atoms with van der Waals surface area (Å²) in [4.78, 5) is 68.7. The van der Waals surface area contributed by atoms with Crippen molar-refractivity contribution in [2.24, 2.45) is 34.5 Å². The number of aliphatic hydroxyl groups is 1. The molecule has 2 aromatic rings. The van der Waals surface area contributed by atoms with E-state index in [1.807, 2.05) is 0 Å². The van der Waals surface area contributed by atoms with Crippen LogP contribution in [0.1, 0.15) is 57.0 Å². The number of hydrogen-bond donors (Lipinski definition) is 2. The highest BCUT2D eigenvalue weighted by atomic mass is 16.5. The van der Waals surface area contributed by atoms with Crippen molar-refractivity contribution in [1.29, 1.82) is 0 Å². The Balaban J connectivity index is 1.76. The third kappa shape index (κ3) is 3.68. The fourth-order valence-electron chi connectivity index (χ4n) is 8.41. The van der Waals surface area contributed by atoms with E-state index in [0.29, 0.717) is 28.2 Å². The summed E-state index contributed by atoms with van der Waals surface area (Å²) in [6.45, 7) is 7.91. The summed E-state index contributed by atoms with van der Waals surface area (Å²) in [5.41, 5.74) is -3.81. The number of methoxy groups -OCH3 is 2. The molecular formula is C33H36O9. The maximum Gasteiger partial charge on any atom is 0.190 e. The van der Waals surface area contributed by atoms with Crippen LogP contribution in [0.5, 0.6) is 17.2 Å². The minimum atomic E-state index is -2.73. The standard InChI is InChI=1S/C33H36O9/c1-15(2)25-27(36)23(16(3)34)29(38)33(40)30(39)26-28(37)24-20(13-31(26,4)14-32(25,33)5)18(9-10-21(24)35)19-12-17(41-6)8-11-22(19)42-7/h8-12,15,23,25-26,35,40H,13-14H2,1-7H3/t23?,25?,26?,31-,32-,33+/m1/s1. The lowest BCUT2D eigenvalue weighted by atomic mass is 9.40. The van der Waals surface area contributed by atoms with Gasteiger partial charge in [-0.05, 0) is 66.5 Å². The summed E-state index contributed by atoms with van der Waals surface area (Å²) in [5.74, 6) is -8.20. The first-order valence-corrected chi connectivity index (χ1v) is 14.1. The van der Waals surface area contributed by atoms with Gasteiger partial charge in [0, 0.05) is 16.9 Å². The normalized spacial score (nSPS) is 32.3. The first-order valence-electron chi connectivity index (χ1n) is 14.1. The number of aromatic hydroxyl groups is 1. The van der Waals surface area contributed by atoms with Gasteiger partial charge in [0.2, 0.25) is 0 Å². The lowest BCUT2D eigenvalue weighted by molar-refractivity contribution is -0.205. The molecule has 0 saturated heterocycles. The second-order valence-corrected chi connectivity index (χ2v) is 12.9. The molecule has 2 aromatic carbocycles. The van der Waals surface area contributed by atoms with Gasteiger partial charge in [-0.15, -0.1) is 0 Å². The number of phenols is 1. The molecule has 0 amide bonds. The zero-order valence-electron chi connectivity index (χ0n) is 24.9. The van der Waals surface area contributed by atoms with Gasteiger partial charge < -0.3 is 19.7 Å². The third-order valence-corrected chi connectivity index (χ3v) is 9.96. The number of fused-ring (bicyclic) bond motifs is 3. The van der Waals surface area contributed by atoms with E-state index in [9.17, 15) is 34.2 Å². The number of carbonyl (C=O) groups excluding carboxylic acids is 5. The number of benzene rings is 2. The van der Waals surface area contributed by atoms with Crippen molar-refractivity contribution in [2.45, 2.75) is 53.1 Å². The average molecular weight is 577 g/mol. The van der Waals surface area contributed by atoms with Gasteiger partial charge in [0.05, 0.1) is 25.7 Å². The van der Waals surface area contributed by atoms with Crippen molar-refractivity contribution >= 4 is 28.9 Å². The van der Waals surface area contributed by atoms with Crippen molar-refractivity contribution in [2.75, 3.05) is 14.2 Å². The van der Waals surface area contributed by atoms with Gasteiger partial charge >= 0.3 is 0 Å². The number of Topliss-reactive ketones (excluding diaryl/α,β-unsaturated/α-hetero) is 5. The molecule has 5 rings (SSSR count). The molecule has 2 saturated carbocycles. The molecule has 42 heavy (non-hydrogen) atoms. The molecule has 0 spiro atoms. The predicted octanol–water partition coefficient (Wildman–Crippen LogP) is 3.78. The molecule has 0 bridgehead atoms. The topological polar surface area (TPSA) is 144 Å². The number of ether oxygens (including phenoxy) is 2. The van der Waals surface area contributed by atoms with E-state index in [1.54, 1.807) is 52.0 Å². The quantitative estimate of drug-likeness (QED) is 0.508. The third-order valence-electron chi connectivity index (χ3n) is 9.96. The summed E-state index contributed by atoms with van der Waals surface area (Å²) in [6.07, 6.45) is 0.108. The van der Waals surface area contributed by atoms with Crippen LogP contribution in [-0.2, 0) is 25.6 Å². The molecule has 9 nitrogen and oxygen atoms in total. The Hall–Kier alpha value is -3.85. The summed E-state index contributed by atoms with van der Waals surface area (Å²) in [7, 11) is 3.04. The maximum absolute atomic E-state index is 14.4. The second-order valence-electron chi connectivity index (χ2n) is 12.9. The lowest BCUT2D eigenvalue weighted by Crippen LogP contribution is -2.76. The number of carbonyl (C=O) groups is 5. The Labute approximate surface area is 244 Å². The number of hydrogen-bond acceptors (Lipinski definition) is 9. The van der Waals surface area contributed by atoms with Crippen LogP contribution in [-0.4, -0.2) is 58.9 Å². The van der Waals surface area contributed by atoms with Crippen molar-refractivity contribution in [3.8, 4) is 28.4 Å². The van der Waals surface area contributed by atoms with Gasteiger partial charge in [-0.1, -0.05) is 33.8 Å². The van der Waals surface area contributed by atoms with E-state index in [2.05, 4.69) is 0 Å². The van der Waals surface area contributed by atoms with Gasteiger partial charge in [-0.25, -0.2) is 0 Å². The Morgan fingerprint density at radius 3 is 2.21 bits per heavy atom. The van der Waals surface area contributed by atoms with Crippen molar-refractivity contribution in [3.63, 3.8) is 0 Å². The Morgan fingerprint density at radius 1 is 0.976 bits per heavy atom. The maximum atomic E-state index is 14.4. The Morgan fingerprint density at radius 2 is 1.64 bits per heavy atom. The highest BCUT2D eigenvalue weighted by Gasteiger charge is 2.76. The molecule has 222 valence electrons. The van der Waals surface area contributed by atoms with Crippen LogP contribution in [0.3, 0.4) is 0 Å². The average Bonchev–Trinajstić information content (AvgIpc) is 2.90. The molecule has 0 radical (unpaired) electrons. The monoisotopic (exact) mass is 576 g/mol. The largest absolute Gasteiger partial charge is 0.507 e. The smallest absolute Gasteiger partial charge is 0.190 e. The van der Waals surface area contributed by atoms with Crippen molar-refractivity contribution in [3.05, 3.63) is 41.5 Å². The highest BCUT2D eigenvalue weighted by molar-refractivity contribution is 6.32. The van der Waals surface area contributed by atoms with Crippen LogP contribution >= 0.6 is 0 Å². The van der Waals surface area contributed by atoms with Crippen LogP contribution in [0, 0.1) is 34.5 Å². The van der Waals surface area contributed by atoms with E-state index in [1.165, 1.54) is 20.3 Å². The molecule has 3 aliphatic carbocycles. The molecule has 9 heteroatoms. The molecule has 2 fully saturated rings.